The molecule has 10 heteroatoms. The van der Waals surface area contributed by atoms with Gasteiger partial charge in [-0.15, -0.1) is 0 Å². The van der Waals surface area contributed by atoms with Crippen molar-refractivity contribution in [1.29, 1.82) is 0 Å². The molecule has 3 aromatic rings. The predicted molar refractivity (Wildman–Crippen MR) is 106 cm³/mol. The van der Waals surface area contributed by atoms with Gasteiger partial charge in [-0.25, -0.2) is 18.4 Å². The van der Waals surface area contributed by atoms with Crippen LogP contribution >= 0.6 is 11.6 Å². The number of furan rings is 1. The lowest BCUT2D eigenvalue weighted by atomic mass is 10.1. The average Bonchev–Trinajstić information content (AvgIpc) is 3.02. The number of carbonyl (C=O) groups excluding carboxylic acids is 2. The molecule has 0 atom stereocenters. The van der Waals surface area contributed by atoms with Gasteiger partial charge in [-0.2, -0.15) is 0 Å². The third-order valence-corrected chi connectivity index (χ3v) is 5.40. The summed E-state index contributed by atoms with van der Waals surface area (Å²) in [5.74, 6) is -1.32. The average molecular weight is 437 g/mol. The van der Waals surface area contributed by atoms with E-state index >= 15 is 0 Å². The minimum Gasteiger partial charge on any atom is -0.450 e. The molecule has 1 amide bonds. The Bertz CT molecular complexity index is 1190. The van der Waals surface area contributed by atoms with Gasteiger partial charge in [-0.05, 0) is 30.7 Å². The number of hydrogen-bond acceptors (Lipinski definition) is 6. The zero-order valence-corrected chi connectivity index (χ0v) is 16.8. The number of ether oxygens (including phenoxy) is 1. The number of esters is 1. The summed E-state index contributed by atoms with van der Waals surface area (Å²) in [7, 11) is -3.77. The molecule has 0 spiro atoms. The first-order valence-electron chi connectivity index (χ1n) is 8.40. The molecule has 8 nitrogen and oxygen atoms in total. The van der Waals surface area contributed by atoms with E-state index in [2.05, 4.69) is 5.32 Å². The Morgan fingerprint density at radius 2 is 1.86 bits per heavy atom. The van der Waals surface area contributed by atoms with Crippen molar-refractivity contribution in [2.75, 3.05) is 6.61 Å². The Balaban J connectivity index is 1.56. The van der Waals surface area contributed by atoms with E-state index in [9.17, 15) is 18.0 Å². The predicted octanol–water partition coefficient (Wildman–Crippen LogP) is 2.52. The monoisotopic (exact) mass is 436 g/mol. The van der Waals surface area contributed by atoms with Crippen molar-refractivity contribution < 1.29 is 27.2 Å². The molecule has 1 heterocycles. The molecule has 29 heavy (non-hydrogen) atoms. The summed E-state index contributed by atoms with van der Waals surface area (Å²) in [6.07, 6.45) is 0. The number of nitrogens with two attached hydrogens (primary N) is 1. The number of amides is 1. The molecule has 0 aliphatic heterocycles. The number of nitrogens with one attached hydrogen (secondary N) is 1. The van der Waals surface area contributed by atoms with Gasteiger partial charge in [-0.1, -0.05) is 35.9 Å². The van der Waals surface area contributed by atoms with Gasteiger partial charge in [0.15, 0.2) is 12.2 Å². The highest BCUT2D eigenvalue weighted by Gasteiger charge is 2.21. The number of fused-ring (bicyclic) bond motifs is 1. The van der Waals surface area contributed by atoms with Gasteiger partial charge in [0, 0.05) is 17.5 Å². The number of primary sulfonamides is 1. The van der Waals surface area contributed by atoms with Crippen LogP contribution in [0.1, 0.15) is 21.7 Å². The lowest BCUT2D eigenvalue weighted by Gasteiger charge is -2.07. The maximum Gasteiger partial charge on any atom is 0.375 e. The second-order valence-corrected chi connectivity index (χ2v) is 8.18. The van der Waals surface area contributed by atoms with Gasteiger partial charge >= 0.3 is 5.97 Å². The first kappa shape index (κ1) is 20.8. The number of carbonyl (C=O) groups is 2. The van der Waals surface area contributed by atoms with E-state index in [1.807, 2.05) is 0 Å². The van der Waals surface area contributed by atoms with Crippen molar-refractivity contribution in [1.82, 2.24) is 5.32 Å². The molecular formula is C19H17ClN2O6S. The fraction of sp³-hybridized carbons (Fsp3) is 0.158. The minimum absolute atomic E-state index is 0.0144. The van der Waals surface area contributed by atoms with E-state index in [0.29, 0.717) is 27.1 Å². The highest BCUT2D eigenvalue weighted by Crippen LogP contribution is 2.30. The largest absolute Gasteiger partial charge is 0.450 e. The fourth-order valence-electron chi connectivity index (χ4n) is 2.65. The molecule has 0 radical (unpaired) electrons. The van der Waals surface area contributed by atoms with Crippen LogP contribution < -0.4 is 10.5 Å². The first-order chi connectivity index (χ1) is 13.7. The molecule has 0 saturated carbocycles. The van der Waals surface area contributed by atoms with Gasteiger partial charge < -0.3 is 14.5 Å². The van der Waals surface area contributed by atoms with Gasteiger partial charge in [0.1, 0.15) is 0 Å². The number of para-hydroxylation sites is 1. The minimum atomic E-state index is -3.77. The molecular weight excluding hydrogens is 420 g/mol. The molecule has 2 aromatic carbocycles. The molecule has 1 aromatic heterocycles. The van der Waals surface area contributed by atoms with Crippen LogP contribution in [0.25, 0.3) is 11.0 Å². The SMILES string of the molecule is Cc1c(C(=O)OCC(=O)NCc2ccc(S(N)(=O)=O)cc2)oc2c(Cl)cccc12. The van der Waals surface area contributed by atoms with Crippen molar-refractivity contribution in [3.63, 3.8) is 0 Å². The molecule has 0 saturated heterocycles. The van der Waals surface area contributed by atoms with E-state index in [4.69, 9.17) is 25.9 Å². The quantitative estimate of drug-likeness (QED) is 0.571. The van der Waals surface area contributed by atoms with E-state index in [-0.39, 0.29) is 17.2 Å². The Labute approximate surface area is 171 Å². The summed E-state index contributed by atoms with van der Waals surface area (Å²) in [6, 6.07) is 10.9. The topological polar surface area (TPSA) is 129 Å². The summed E-state index contributed by atoms with van der Waals surface area (Å²) >= 11 is 6.06. The van der Waals surface area contributed by atoms with E-state index < -0.39 is 28.5 Å². The molecule has 0 bridgehead atoms. The zero-order chi connectivity index (χ0) is 21.2. The molecule has 0 unspecified atom stereocenters. The number of benzene rings is 2. The van der Waals surface area contributed by atoms with Gasteiger partial charge in [0.2, 0.25) is 15.8 Å². The van der Waals surface area contributed by atoms with Crippen LogP contribution in [0.4, 0.5) is 0 Å². The van der Waals surface area contributed by atoms with Crippen molar-refractivity contribution in [2.45, 2.75) is 18.4 Å². The Morgan fingerprint density at radius 3 is 2.48 bits per heavy atom. The van der Waals surface area contributed by atoms with Gasteiger partial charge in [0.25, 0.3) is 5.91 Å². The summed E-state index contributed by atoms with van der Waals surface area (Å²) < 4.78 is 32.9. The van der Waals surface area contributed by atoms with Crippen molar-refractivity contribution in [3.05, 3.63) is 64.4 Å². The standard InChI is InChI=1S/C19H17ClN2O6S/c1-11-14-3-2-4-15(20)18(14)28-17(11)19(24)27-10-16(23)22-9-12-5-7-13(8-6-12)29(21,25)26/h2-8H,9-10H2,1H3,(H,22,23)(H2,21,25,26). The van der Waals surface area contributed by atoms with Crippen molar-refractivity contribution in [2.24, 2.45) is 5.14 Å². The first-order valence-corrected chi connectivity index (χ1v) is 10.3. The molecule has 3 N–H and O–H groups in total. The van der Waals surface area contributed by atoms with Gasteiger partial charge in [-0.3, -0.25) is 4.79 Å². The summed E-state index contributed by atoms with van der Waals surface area (Å²) in [6.45, 7) is 1.32. The van der Waals surface area contributed by atoms with Crippen LogP contribution in [-0.2, 0) is 26.1 Å². The third kappa shape index (κ3) is 4.76. The summed E-state index contributed by atoms with van der Waals surface area (Å²) in [4.78, 5) is 24.2. The highest BCUT2D eigenvalue weighted by molar-refractivity contribution is 7.89. The maximum atomic E-state index is 12.2. The molecule has 0 aliphatic carbocycles. The number of hydrogen-bond donors (Lipinski definition) is 2. The lowest BCUT2D eigenvalue weighted by molar-refractivity contribution is -0.124. The number of sulfonamides is 1. The number of halogens is 1. The molecule has 0 fully saturated rings. The zero-order valence-electron chi connectivity index (χ0n) is 15.3. The number of aryl methyl sites for hydroxylation is 1. The van der Waals surface area contributed by atoms with Gasteiger partial charge in [0.05, 0.1) is 9.92 Å². The second kappa shape index (κ2) is 8.24. The fourth-order valence-corrected chi connectivity index (χ4v) is 3.38. The number of rotatable bonds is 6. The van der Waals surface area contributed by atoms with Crippen LogP contribution in [0, 0.1) is 6.92 Å². The van der Waals surface area contributed by atoms with Crippen LogP contribution in [0.2, 0.25) is 5.02 Å². The third-order valence-electron chi connectivity index (χ3n) is 4.18. The van der Waals surface area contributed by atoms with Crippen LogP contribution in [0.3, 0.4) is 0 Å². The molecule has 152 valence electrons. The lowest BCUT2D eigenvalue weighted by Crippen LogP contribution is -2.28. The van der Waals surface area contributed by atoms with E-state index in [1.165, 1.54) is 24.3 Å². The normalized spacial score (nSPS) is 11.4. The van der Waals surface area contributed by atoms with E-state index in [1.54, 1.807) is 25.1 Å². The Morgan fingerprint density at radius 1 is 1.17 bits per heavy atom. The second-order valence-electron chi connectivity index (χ2n) is 6.21. The summed E-state index contributed by atoms with van der Waals surface area (Å²) in [5.41, 5.74) is 1.61. The van der Waals surface area contributed by atoms with Crippen LogP contribution in [-0.4, -0.2) is 26.9 Å². The van der Waals surface area contributed by atoms with Crippen LogP contribution in [0.5, 0.6) is 0 Å². The maximum absolute atomic E-state index is 12.2. The van der Waals surface area contributed by atoms with E-state index in [0.717, 1.165) is 0 Å². The van der Waals surface area contributed by atoms with Crippen molar-refractivity contribution in [3.8, 4) is 0 Å². The molecule has 0 aliphatic rings. The smallest absolute Gasteiger partial charge is 0.375 e. The van der Waals surface area contributed by atoms with Crippen molar-refractivity contribution >= 4 is 44.5 Å². The Hall–Kier alpha value is -2.88. The summed E-state index contributed by atoms with van der Waals surface area (Å²) in [5, 5.41) is 8.66. The highest BCUT2D eigenvalue weighted by atomic mass is 35.5. The molecule has 3 rings (SSSR count). The Kier molecular flexibility index (Phi) is 5.92. The van der Waals surface area contributed by atoms with Crippen LogP contribution in [0.15, 0.2) is 51.8 Å².